The molecule has 0 unspecified atom stereocenters. The van der Waals surface area contributed by atoms with Gasteiger partial charge in [-0.3, -0.25) is 0 Å². The van der Waals surface area contributed by atoms with E-state index in [1.54, 1.807) is 0 Å². The largest absolute Gasteiger partial charge is 0.363 e. The van der Waals surface area contributed by atoms with Crippen LogP contribution < -0.4 is 4.90 Å². The van der Waals surface area contributed by atoms with Gasteiger partial charge in [-0.15, -0.1) is 0 Å². The molecule has 5 rings (SSSR count). The molecule has 0 saturated heterocycles. The van der Waals surface area contributed by atoms with E-state index in [2.05, 4.69) is 78.8 Å². The Kier molecular flexibility index (Phi) is 4.83. The number of anilines is 1. The quantitative estimate of drug-likeness (QED) is 0.344. The molecule has 1 aromatic heterocycles. The van der Waals surface area contributed by atoms with Crippen molar-refractivity contribution < 1.29 is 0 Å². The highest BCUT2D eigenvalue weighted by molar-refractivity contribution is 6.30. The molecule has 0 saturated carbocycles. The second kappa shape index (κ2) is 7.52. The molecule has 2 heterocycles. The van der Waals surface area contributed by atoms with Gasteiger partial charge < -0.3 is 9.47 Å². The van der Waals surface area contributed by atoms with Gasteiger partial charge >= 0.3 is 0 Å². The minimum absolute atomic E-state index is 0.783. The van der Waals surface area contributed by atoms with Crippen LogP contribution in [0.4, 0.5) is 5.69 Å². The summed E-state index contributed by atoms with van der Waals surface area (Å²) in [7, 11) is 0. The molecular formula is C27H27ClN2. The van der Waals surface area contributed by atoms with Gasteiger partial charge in [0.25, 0.3) is 0 Å². The normalized spacial score (nSPS) is 13.3. The molecule has 0 spiro atoms. The number of halogens is 1. The molecule has 0 N–H and O–H groups in total. The first-order chi connectivity index (χ1) is 14.6. The highest BCUT2D eigenvalue weighted by Gasteiger charge is 2.27. The molecule has 1 aliphatic heterocycles. The van der Waals surface area contributed by atoms with Crippen molar-refractivity contribution in [3.05, 3.63) is 88.1 Å². The topological polar surface area (TPSA) is 8.17 Å². The van der Waals surface area contributed by atoms with Crippen molar-refractivity contribution >= 4 is 28.2 Å². The van der Waals surface area contributed by atoms with Crippen molar-refractivity contribution in [2.24, 2.45) is 0 Å². The Morgan fingerprint density at radius 3 is 2.37 bits per heavy atom. The molecular weight excluding hydrogens is 388 g/mol. The van der Waals surface area contributed by atoms with Crippen LogP contribution in [0.1, 0.15) is 29.3 Å². The summed E-state index contributed by atoms with van der Waals surface area (Å²) in [4.78, 5) is 2.58. The summed E-state index contributed by atoms with van der Waals surface area (Å²) in [5, 5.41) is 2.15. The maximum absolute atomic E-state index is 6.19. The van der Waals surface area contributed by atoms with Crippen LogP contribution >= 0.6 is 11.6 Å². The van der Waals surface area contributed by atoms with Crippen LogP contribution in [0.15, 0.2) is 60.7 Å². The van der Waals surface area contributed by atoms with E-state index >= 15 is 0 Å². The summed E-state index contributed by atoms with van der Waals surface area (Å²) in [6.45, 7) is 9.84. The third-order valence-corrected chi connectivity index (χ3v) is 6.77. The molecule has 0 aliphatic carbocycles. The Labute approximate surface area is 183 Å². The van der Waals surface area contributed by atoms with Gasteiger partial charge in [0.05, 0.1) is 11.2 Å². The van der Waals surface area contributed by atoms with Crippen LogP contribution in [0.25, 0.3) is 22.0 Å². The summed E-state index contributed by atoms with van der Waals surface area (Å²) in [5.74, 6) is 0. The summed E-state index contributed by atoms with van der Waals surface area (Å²) in [6.07, 6.45) is 1.01. The van der Waals surface area contributed by atoms with Crippen molar-refractivity contribution in [1.29, 1.82) is 0 Å². The summed E-state index contributed by atoms with van der Waals surface area (Å²) in [5.41, 5.74) is 11.0. The van der Waals surface area contributed by atoms with E-state index in [1.165, 1.54) is 50.1 Å². The SMILES string of the molecule is CCc1c(C)c2c3c(cc(C)n3CCN2Cc2ccccc2)c1-c1ccc(Cl)cc1. The van der Waals surface area contributed by atoms with Crippen LogP contribution in [-0.2, 0) is 19.5 Å². The standard InChI is InChI=1S/C27H27ClN2/c1-4-23-19(3)26-27-24(25(23)21-10-12-22(28)13-11-21)16-18(2)30(27)15-14-29(26)17-20-8-6-5-7-9-20/h5-13,16H,4,14-15,17H2,1-3H3. The third kappa shape index (κ3) is 3.02. The fraction of sp³-hybridized carbons (Fsp3) is 0.259. The number of benzene rings is 3. The zero-order valence-corrected chi connectivity index (χ0v) is 18.6. The van der Waals surface area contributed by atoms with Gasteiger partial charge in [-0.05, 0) is 66.3 Å². The van der Waals surface area contributed by atoms with Crippen LogP contribution in [0, 0.1) is 13.8 Å². The second-order valence-electron chi connectivity index (χ2n) is 8.29. The number of aromatic nitrogens is 1. The minimum atomic E-state index is 0.783. The molecule has 152 valence electrons. The van der Waals surface area contributed by atoms with Gasteiger partial charge in [-0.25, -0.2) is 0 Å². The van der Waals surface area contributed by atoms with Crippen molar-refractivity contribution in [2.45, 2.75) is 40.3 Å². The smallest absolute Gasteiger partial charge is 0.0730 e. The number of aryl methyl sites for hydroxylation is 1. The first-order valence-electron chi connectivity index (χ1n) is 10.8. The van der Waals surface area contributed by atoms with E-state index in [4.69, 9.17) is 11.6 Å². The first-order valence-corrected chi connectivity index (χ1v) is 11.2. The average Bonchev–Trinajstić information content (AvgIpc) is 3.09. The van der Waals surface area contributed by atoms with Crippen LogP contribution in [0.2, 0.25) is 5.02 Å². The summed E-state index contributed by atoms with van der Waals surface area (Å²) in [6, 6.07) is 21.5. The van der Waals surface area contributed by atoms with E-state index in [0.717, 1.165) is 31.1 Å². The predicted octanol–water partition coefficient (Wildman–Crippen LogP) is 7.16. The van der Waals surface area contributed by atoms with Gasteiger partial charge in [0.2, 0.25) is 0 Å². The molecule has 0 radical (unpaired) electrons. The lowest BCUT2D eigenvalue weighted by atomic mass is 9.89. The zero-order valence-electron chi connectivity index (χ0n) is 17.9. The van der Waals surface area contributed by atoms with Gasteiger partial charge in [-0.2, -0.15) is 0 Å². The Morgan fingerprint density at radius 2 is 1.67 bits per heavy atom. The Balaban J connectivity index is 1.77. The Morgan fingerprint density at radius 1 is 0.933 bits per heavy atom. The van der Waals surface area contributed by atoms with Crippen molar-refractivity contribution in [3.63, 3.8) is 0 Å². The van der Waals surface area contributed by atoms with Gasteiger partial charge in [0, 0.05) is 35.7 Å². The molecule has 3 heteroatoms. The number of nitrogens with zero attached hydrogens (tertiary/aromatic N) is 2. The number of hydrogen-bond acceptors (Lipinski definition) is 1. The minimum Gasteiger partial charge on any atom is -0.363 e. The molecule has 0 amide bonds. The van der Waals surface area contributed by atoms with Gasteiger partial charge in [0.15, 0.2) is 0 Å². The number of hydrogen-bond donors (Lipinski definition) is 0. The molecule has 30 heavy (non-hydrogen) atoms. The molecule has 0 fully saturated rings. The number of rotatable bonds is 4. The Bertz CT molecular complexity index is 1220. The van der Waals surface area contributed by atoms with Crippen LogP contribution in [0.3, 0.4) is 0 Å². The molecule has 2 nitrogen and oxygen atoms in total. The maximum Gasteiger partial charge on any atom is 0.0730 e. The fourth-order valence-corrected chi connectivity index (χ4v) is 5.28. The fourth-order valence-electron chi connectivity index (χ4n) is 5.15. The summed E-state index contributed by atoms with van der Waals surface area (Å²) < 4.78 is 2.51. The third-order valence-electron chi connectivity index (χ3n) is 6.52. The van der Waals surface area contributed by atoms with E-state index < -0.39 is 0 Å². The van der Waals surface area contributed by atoms with Crippen molar-refractivity contribution in [3.8, 4) is 11.1 Å². The highest BCUT2D eigenvalue weighted by atomic mass is 35.5. The summed E-state index contributed by atoms with van der Waals surface area (Å²) >= 11 is 6.19. The molecule has 1 aliphatic rings. The van der Waals surface area contributed by atoms with Gasteiger partial charge in [-0.1, -0.05) is 61.0 Å². The van der Waals surface area contributed by atoms with Gasteiger partial charge in [0.1, 0.15) is 0 Å². The molecule has 4 aromatic rings. The Hall–Kier alpha value is -2.71. The zero-order chi connectivity index (χ0) is 20.8. The maximum atomic E-state index is 6.19. The van der Waals surface area contributed by atoms with Crippen LogP contribution in [0.5, 0.6) is 0 Å². The lowest BCUT2D eigenvalue weighted by Gasteiger charge is -2.34. The predicted molar refractivity (Wildman–Crippen MR) is 129 cm³/mol. The van der Waals surface area contributed by atoms with Crippen molar-refractivity contribution in [2.75, 3.05) is 11.4 Å². The van der Waals surface area contributed by atoms with E-state index in [9.17, 15) is 0 Å². The van der Waals surface area contributed by atoms with Crippen molar-refractivity contribution in [1.82, 2.24) is 4.57 Å². The van der Waals surface area contributed by atoms with E-state index in [1.807, 2.05) is 12.1 Å². The first kappa shape index (κ1) is 19.3. The van der Waals surface area contributed by atoms with E-state index in [0.29, 0.717) is 0 Å². The lowest BCUT2D eigenvalue weighted by molar-refractivity contribution is 0.636. The molecule has 0 bridgehead atoms. The lowest BCUT2D eigenvalue weighted by Crippen LogP contribution is -2.32. The second-order valence-corrected chi connectivity index (χ2v) is 8.73. The highest BCUT2D eigenvalue weighted by Crippen LogP contribution is 2.45. The van der Waals surface area contributed by atoms with Crippen LogP contribution in [-0.4, -0.2) is 11.1 Å². The monoisotopic (exact) mass is 414 g/mol. The molecule has 0 atom stereocenters. The molecule has 3 aromatic carbocycles. The van der Waals surface area contributed by atoms with E-state index in [-0.39, 0.29) is 0 Å². The average molecular weight is 415 g/mol.